The third-order valence-corrected chi connectivity index (χ3v) is 6.47. The first-order chi connectivity index (χ1) is 11.1. The summed E-state index contributed by atoms with van der Waals surface area (Å²) >= 11 is 1.81. The molecule has 4 nitrogen and oxygen atoms in total. The maximum absolute atomic E-state index is 12.5. The van der Waals surface area contributed by atoms with Crippen molar-refractivity contribution in [2.24, 2.45) is 11.8 Å². The molecule has 0 spiro atoms. The maximum atomic E-state index is 12.5. The third-order valence-electron chi connectivity index (χ3n) is 5.32. The Morgan fingerprint density at radius 3 is 2.76 bits per heavy atom. The molecule has 1 fully saturated rings. The highest BCUT2D eigenvalue weighted by molar-refractivity contribution is 7.11. The second-order valence-corrected chi connectivity index (χ2v) is 8.39. The molecule has 1 aromatic heterocycles. The quantitative estimate of drug-likeness (QED) is 0.805. The highest BCUT2D eigenvalue weighted by atomic mass is 35.5. The molecule has 2 unspecified atom stereocenters. The summed E-state index contributed by atoms with van der Waals surface area (Å²) in [5, 5.41) is 4.56. The van der Waals surface area contributed by atoms with Gasteiger partial charge in [-0.1, -0.05) is 6.92 Å². The summed E-state index contributed by atoms with van der Waals surface area (Å²) in [6.45, 7) is 5.10. The van der Waals surface area contributed by atoms with E-state index in [9.17, 15) is 4.79 Å². The molecule has 0 radical (unpaired) electrons. The van der Waals surface area contributed by atoms with Crippen molar-refractivity contribution in [2.75, 3.05) is 20.1 Å². The number of thiazole rings is 1. The molecule has 1 saturated heterocycles. The van der Waals surface area contributed by atoms with Crippen molar-refractivity contribution in [3.8, 4) is 0 Å². The van der Waals surface area contributed by atoms with Gasteiger partial charge in [-0.2, -0.15) is 0 Å². The maximum Gasteiger partial charge on any atom is 0.222 e. The molecule has 2 atom stereocenters. The van der Waals surface area contributed by atoms with Gasteiger partial charge in [0.15, 0.2) is 0 Å². The van der Waals surface area contributed by atoms with Crippen molar-refractivity contribution in [3.05, 3.63) is 15.6 Å². The summed E-state index contributed by atoms with van der Waals surface area (Å²) in [7, 11) is 1.93. The number of rotatable bonds is 5. The summed E-state index contributed by atoms with van der Waals surface area (Å²) in [5.74, 6) is 1.37. The van der Waals surface area contributed by atoms with Crippen LogP contribution in [0.15, 0.2) is 0 Å². The van der Waals surface area contributed by atoms with E-state index in [4.69, 9.17) is 4.98 Å². The lowest BCUT2D eigenvalue weighted by Gasteiger charge is -2.29. The monoisotopic (exact) mass is 407 g/mol. The average molecular weight is 408 g/mol. The van der Waals surface area contributed by atoms with Crippen LogP contribution in [0, 0.1) is 11.8 Å². The molecule has 144 valence electrons. The van der Waals surface area contributed by atoms with Gasteiger partial charge in [0.1, 0.15) is 5.01 Å². The van der Waals surface area contributed by atoms with Crippen molar-refractivity contribution in [1.29, 1.82) is 0 Å². The third kappa shape index (κ3) is 6.09. The molecular weight excluding hydrogens is 377 g/mol. The van der Waals surface area contributed by atoms with Crippen LogP contribution >= 0.6 is 36.2 Å². The molecule has 2 heterocycles. The van der Waals surface area contributed by atoms with Crippen LogP contribution in [0.5, 0.6) is 0 Å². The Bertz CT molecular complexity index is 523. The fourth-order valence-electron chi connectivity index (χ4n) is 3.73. The molecule has 1 N–H and O–H groups in total. The predicted molar refractivity (Wildman–Crippen MR) is 109 cm³/mol. The van der Waals surface area contributed by atoms with E-state index < -0.39 is 0 Å². The van der Waals surface area contributed by atoms with Crippen LogP contribution in [-0.4, -0.2) is 35.9 Å². The number of hydrogen-bond donors (Lipinski definition) is 1. The summed E-state index contributed by atoms with van der Waals surface area (Å²) in [6.07, 6.45) is 8.00. The standard InChI is InChI=1S/C18H29N3OS.2ClH/c1-13(14-6-5-9-19-11-14)10-18(22)21(2)12-17-20-15-7-3-4-8-16(15)23-17;;/h13-14,19H,3-12H2,1-2H3;2*1H. The van der Waals surface area contributed by atoms with E-state index in [-0.39, 0.29) is 30.7 Å². The number of aryl methyl sites for hydroxylation is 2. The minimum absolute atomic E-state index is 0. The number of piperidine rings is 1. The van der Waals surface area contributed by atoms with Crippen LogP contribution < -0.4 is 5.32 Å². The Balaban J connectivity index is 0.00000156. The predicted octanol–water partition coefficient (Wildman–Crippen LogP) is 3.85. The molecule has 7 heteroatoms. The van der Waals surface area contributed by atoms with Gasteiger partial charge in [0.25, 0.3) is 0 Å². The van der Waals surface area contributed by atoms with E-state index in [1.165, 1.54) is 42.7 Å². The Kier molecular flexibility index (Phi) is 9.71. The molecule has 3 rings (SSSR count). The van der Waals surface area contributed by atoms with Crippen molar-refractivity contribution in [2.45, 2.75) is 58.4 Å². The van der Waals surface area contributed by atoms with Gasteiger partial charge in [-0.25, -0.2) is 4.98 Å². The molecule has 2 aliphatic rings. The average Bonchev–Trinajstić information content (AvgIpc) is 2.97. The van der Waals surface area contributed by atoms with Crippen LogP contribution in [0.4, 0.5) is 0 Å². The molecular formula is C18H31Cl2N3OS. The number of hydrogen-bond acceptors (Lipinski definition) is 4. The summed E-state index contributed by atoms with van der Waals surface area (Å²) in [5.41, 5.74) is 1.29. The van der Waals surface area contributed by atoms with Gasteiger partial charge < -0.3 is 10.2 Å². The van der Waals surface area contributed by atoms with Crippen molar-refractivity contribution in [3.63, 3.8) is 0 Å². The number of fused-ring (bicyclic) bond motifs is 1. The first-order valence-corrected chi connectivity index (χ1v) is 9.87. The van der Waals surface area contributed by atoms with Gasteiger partial charge in [-0.3, -0.25) is 4.79 Å². The van der Waals surface area contributed by atoms with E-state index in [0.717, 1.165) is 24.5 Å². The van der Waals surface area contributed by atoms with Gasteiger partial charge in [0.2, 0.25) is 5.91 Å². The largest absolute Gasteiger partial charge is 0.339 e. The lowest BCUT2D eigenvalue weighted by Crippen LogP contribution is -2.36. The van der Waals surface area contributed by atoms with Crippen molar-refractivity contribution >= 4 is 42.1 Å². The van der Waals surface area contributed by atoms with Gasteiger partial charge in [0, 0.05) is 18.3 Å². The van der Waals surface area contributed by atoms with E-state index in [1.807, 2.05) is 23.3 Å². The Hall–Kier alpha value is -0.360. The van der Waals surface area contributed by atoms with Crippen molar-refractivity contribution in [1.82, 2.24) is 15.2 Å². The highest BCUT2D eigenvalue weighted by Crippen LogP contribution is 2.28. The summed E-state index contributed by atoms with van der Waals surface area (Å²) < 4.78 is 0. The van der Waals surface area contributed by atoms with Crippen LogP contribution in [0.1, 0.15) is 54.6 Å². The zero-order valence-corrected chi connectivity index (χ0v) is 17.7. The molecule has 0 saturated carbocycles. The normalized spacial score (nSPS) is 20.6. The lowest BCUT2D eigenvalue weighted by molar-refractivity contribution is -0.131. The van der Waals surface area contributed by atoms with Gasteiger partial charge in [0.05, 0.1) is 12.2 Å². The second kappa shape index (κ2) is 10.7. The summed E-state index contributed by atoms with van der Waals surface area (Å²) in [4.78, 5) is 20.6. The van der Waals surface area contributed by atoms with Crippen molar-refractivity contribution < 1.29 is 4.79 Å². The highest BCUT2D eigenvalue weighted by Gasteiger charge is 2.24. The second-order valence-electron chi connectivity index (χ2n) is 7.22. The number of carbonyl (C=O) groups excluding carboxylic acids is 1. The van der Waals surface area contributed by atoms with Crippen LogP contribution in [0.2, 0.25) is 0 Å². The molecule has 1 aliphatic carbocycles. The topological polar surface area (TPSA) is 45.2 Å². The number of carbonyl (C=O) groups is 1. The fraction of sp³-hybridized carbons (Fsp3) is 0.778. The van der Waals surface area contributed by atoms with Crippen LogP contribution in [0.3, 0.4) is 0 Å². The molecule has 0 bridgehead atoms. The Labute approximate surface area is 168 Å². The minimum Gasteiger partial charge on any atom is -0.339 e. The Morgan fingerprint density at radius 1 is 1.32 bits per heavy atom. The van der Waals surface area contributed by atoms with Gasteiger partial charge in [-0.15, -0.1) is 36.2 Å². The van der Waals surface area contributed by atoms with E-state index in [2.05, 4.69) is 12.2 Å². The zero-order chi connectivity index (χ0) is 16.2. The Morgan fingerprint density at radius 2 is 2.08 bits per heavy atom. The number of aromatic nitrogens is 1. The molecule has 25 heavy (non-hydrogen) atoms. The van der Waals surface area contributed by atoms with E-state index in [0.29, 0.717) is 24.8 Å². The zero-order valence-electron chi connectivity index (χ0n) is 15.3. The lowest BCUT2D eigenvalue weighted by atomic mass is 9.85. The molecule has 1 aliphatic heterocycles. The fourth-order valence-corrected chi connectivity index (χ4v) is 4.94. The number of nitrogens with zero attached hydrogens (tertiary/aromatic N) is 2. The molecule has 0 aromatic carbocycles. The first kappa shape index (κ1) is 22.7. The number of amides is 1. The van der Waals surface area contributed by atoms with Crippen LogP contribution in [0.25, 0.3) is 0 Å². The summed E-state index contributed by atoms with van der Waals surface area (Å²) in [6, 6.07) is 0. The SMILES string of the molecule is CC(CC(=O)N(C)Cc1nc2c(s1)CCCC2)C1CCCNC1.Cl.Cl. The number of halogens is 2. The smallest absolute Gasteiger partial charge is 0.222 e. The number of nitrogens with one attached hydrogen (secondary N) is 1. The first-order valence-electron chi connectivity index (χ1n) is 9.05. The van der Waals surface area contributed by atoms with Gasteiger partial charge in [-0.05, 0) is 63.5 Å². The van der Waals surface area contributed by atoms with Gasteiger partial charge >= 0.3 is 0 Å². The van der Waals surface area contributed by atoms with Crippen LogP contribution in [-0.2, 0) is 24.2 Å². The molecule has 1 amide bonds. The molecule has 1 aromatic rings. The van der Waals surface area contributed by atoms with E-state index >= 15 is 0 Å². The minimum atomic E-state index is 0. The van der Waals surface area contributed by atoms with E-state index in [1.54, 1.807) is 0 Å².